The first-order valence-electron chi connectivity index (χ1n) is 11.5. The zero-order chi connectivity index (χ0) is 27.1. The van der Waals surface area contributed by atoms with Gasteiger partial charge < -0.3 is 30.4 Å². The second-order valence-electron chi connectivity index (χ2n) is 8.12. The molecule has 2 aromatic heterocycles. The second-order valence-corrected chi connectivity index (χ2v) is 8.55. The molecule has 198 valence electrons. The van der Waals surface area contributed by atoms with Crippen molar-refractivity contribution in [3.63, 3.8) is 0 Å². The topological polar surface area (TPSA) is 116 Å². The van der Waals surface area contributed by atoms with Gasteiger partial charge in [0.1, 0.15) is 5.82 Å². The summed E-state index contributed by atoms with van der Waals surface area (Å²) in [6.45, 7) is -0.152. The number of amides is 1. The molecule has 4 N–H and O–H groups in total. The molecule has 2 heterocycles. The molecule has 1 atom stereocenters. The maximum Gasteiger partial charge on any atom is 0.253 e. The van der Waals surface area contributed by atoms with Crippen molar-refractivity contribution in [3.05, 3.63) is 88.8 Å². The van der Waals surface area contributed by atoms with Gasteiger partial charge in [-0.25, -0.2) is 13.8 Å². The lowest BCUT2D eigenvalue weighted by Gasteiger charge is -2.17. The van der Waals surface area contributed by atoms with Gasteiger partial charge in [-0.1, -0.05) is 23.7 Å². The van der Waals surface area contributed by atoms with E-state index in [4.69, 9.17) is 26.8 Å². The summed E-state index contributed by atoms with van der Waals surface area (Å²) >= 11 is 6.08. The Labute approximate surface area is 222 Å². The molecule has 0 saturated heterocycles. The number of hydrogen-bond acceptors (Lipinski definition) is 7. The van der Waals surface area contributed by atoms with Gasteiger partial charge in [-0.15, -0.1) is 0 Å². The Morgan fingerprint density at radius 3 is 2.66 bits per heavy atom. The normalized spacial score (nSPS) is 11.6. The lowest BCUT2D eigenvalue weighted by Crippen LogP contribution is -2.33. The number of halogens is 3. The van der Waals surface area contributed by atoms with E-state index in [1.54, 1.807) is 53.5 Å². The van der Waals surface area contributed by atoms with Gasteiger partial charge in [0.2, 0.25) is 19.7 Å². The number of aryl methyl sites for hydroxylation is 1. The molecule has 1 amide bonds. The molecule has 0 bridgehead atoms. The van der Waals surface area contributed by atoms with Crippen molar-refractivity contribution < 1.29 is 23.0 Å². The maximum atomic E-state index is 12.9. The number of anilines is 2. The lowest BCUT2D eigenvalue weighted by molar-refractivity contribution is 0.0938. The first-order valence-corrected chi connectivity index (χ1v) is 11.9. The molecule has 38 heavy (non-hydrogen) atoms. The average Bonchev–Trinajstić information content (AvgIpc) is 3.40. The van der Waals surface area contributed by atoms with Gasteiger partial charge in [0, 0.05) is 47.5 Å². The summed E-state index contributed by atoms with van der Waals surface area (Å²) in [6, 6.07) is 12.9. The summed E-state index contributed by atoms with van der Waals surface area (Å²) in [6.07, 6.45) is 4.98. The van der Waals surface area contributed by atoms with Crippen LogP contribution in [0, 0.1) is 6.92 Å². The predicted molar refractivity (Wildman–Crippen MR) is 140 cm³/mol. The molecule has 0 aliphatic carbocycles. The van der Waals surface area contributed by atoms with E-state index in [0.29, 0.717) is 22.1 Å². The van der Waals surface area contributed by atoms with Crippen LogP contribution in [0.25, 0.3) is 5.82 Å². The molecule has 4 aromatic rings. The Morgan fingerprint density at radius 2 is 1.92 bits per heavy atom. The largest absolute Gasteiger partial charge is 0.459 e. The van der Waals surface area contributed by atoms with Crippen LogP contribution in [-0.4, -0.2) is 40.7 Å². The molecule has 0 fully saturated rings. The van der Waals surface area contributed by atoms with Crippen molar-refractivity contribution in [3.8, 4) is 17.3 Å². The van der Waals surface area contributed by atoms with Crippen molar-refractivity contribution in [1.82, 2.24) is 19.9 Å². The third kappa shape index (κ3) is 6.36. The third-order valence-corrected chi connectivity index (χ3v) is 5.79. The minimum absolute atomic E-state index is 0.0251. The van der Waals surface area contributed by atoms with Gasteiger partial charge >= 0.3 is 0 Å². The van der Waals surface area contributed by atoms with Gasteiger partial charge in [0.15, 0.2) is 11.5 Å². The van der Waals surface area contributed by atoms with Crippen LogP contribution in [0.1, 0.15) is 27.5 Å². The Balaban J connectivity index is 1.52. The molecule has 0 aliphatic rings. The average molecular weight is 543 g/mol. The SMILES string of the molecule is Cc1cnc(Nc2ccc(OCF)c(OCF)c2)nc1-n1ccc(C(=O)NC(CN)c2cccc(Cl)c2)c1. The molecule has 12 heteroatoms. The Kier molecular flexibility index (Phi) is 8.72. The molecule has 9 nitrogen and oxygen atoms in total. The monoisotopic (exact) mass is 542 g/mol. The van der Waals surface area contributed by atoms with E-state index in [-0.39, 0.29) is 29.9 Å². The highest BCUT2D eigenvalue weighted by Gasteiger charge is 2.17. The predicted octanol–water partition coefficient (Wildman–Crippen LogP) is 5.01. The number of nitrogens with two attached hydrogens (primary N) is 1. The number of alkyl halides is 2. The number of ether oxygens (including phenoxy) is 2. The zero-order valence-electron chi connectivity index (χ0n) is 20.3. The molecular formula is C26H25ClF2N6O3. The Hall–Kier alpha value is -4.22. The van der Waals surface area contributed by atoms with E-state index in [0.717, 1.165) is 11.1 Å². The second kappa shape index (κ2) is 12.3. The number of hydrogen-bond donors (Lipinski definition) is 3. The van der Waals surface area contributed by atoms with Crippen LogP contribution < -0.4 is 25.8 Å². The number of benzene rings is 2. The van der Waals surface area contributed by atoms with Crippen LogP contribution in [-0.2, 0) is 0 Å². The highest BCUT2D eigenvalue weighted by atomic mass is 35.5. The van der Waals surface area contributed by atoms with Crippen molar-refractivity contribution in [2.45, 2.75) is 13.0 Å². The molecule has 4 rings (SSSR count). The summed E-state index contributed by atoms with van der Waals surface area (Å²) in [5, 5.41) is 6.49. The molecule has 1 unspecified atom stereocenters. The summed E-state index contributed by atoms with van der Waals surface area (Å²) < 4.78 is 36.7. The van der Waals surface area contributed by atoms with Crippen molar-refractivity contribution in [2.75, 3.05) is 25.6 Å². The highest BCUT2D eigenvalue weighted by Crippen LogP contribution is 2.32. The summed E-state index contributed by atoms with van der Waals surface area (Å²) in [4.78, 5) is 21.8. The number of carbonyl (C=O) groups is 1. The molecule has 0 radical (unpaired) electrons. The van der Waals surface area contributed by atoms with Crippen LogP contribution in [0.4, 0.5) is 20.4 Å². The van der Waals surface area contributed by atoms with Gasteiger partial charge in [0.05, 0.1) is 11.6 Å². The quantitative estimate of drug-likeness (QED) is 0.244. The van der Waals surface area contributed by atoms with Gasteiger partial charge in [-0.05, 0) is 42.8 Å². The van der Waals surface area contributed by atoms with Crippen LogP contribution in [0.5, 0.6) is 11.5 Å². The summed E-state index contributed by atoms with van der Waals surface area (Å²) in [7, 11) is 0. The van der Waals surface area contributed by atoms with Crippen LogP contribution in [0.3, 0.4) is 0 Å². The zero-order valence-corrected chi connectivity index (χ0v) is 21.1. The van der Waals surface area contributed by atoms with E-state index >= 15 is 0 Å². The van der Waals surface area contributed by atoms with Crippen molar-refractivity contribution >= 4 is 29.1 Å². The lowest BCUT2D eigenvalue weighted by atomic mass is 10.1. The standard InChI is InChI=1S/C26H25ClF2N6O3/c1-16-12-31-26(32-20-5-6-22(37-14-28)23(10-20)38-15-29)34-24(16)35-8-7-18(13-35)25(36)33-21(11-30)17-3-2-4-19(27)9-17/h2-10,12-13,21H,11,14-15,30H2,1H3,(H,33,36)(H,31,32,34). The number of nitrogens with one attached hydrogen (secondary N) is 2. The molecular weight excluding hydrogens is 518 g/mol. The first kappa shape index (κ1) is 26.8. The maximum absolute atomic E-state index is 12.9. The fraction of sp³-hybridized carbons (Fsp3) is 0.192. The van der Waals surface area contributed by atoms with Crippen LogP contribution in [0.15, 0.2) is 67.1 Å². The summed E-state index contributed by atoms with van der Waals surface area (Å²) in [5.74, 6) is 0.549. The Bertz CT molecular complexity index is 1420. The minimum Gasteiger partial charge on any atom is -0.459 e. The molecule has 0 saturated carbocycles. The summed E-state index contributed by atoms with van der Waals surface area (Å²) in [5.41, 5.74) is 8.33. The van der Waals surface area contributed by atoms with Crippen molar-refractivity contribution in [1.29, 1.82) is 0 Å². The smallest absolute Gasteiger partial charge is 0.253 e. The van der Waals surface area contributed by atoms with Gasteiger partial charge in [-0.2, -0.15) is 4.98 Å². The highest BCUT2D eigenvalue weighted by molar-refractivity contribution is 6.30. The van der Waals surface area contributed by atoms with Gasteiger partial charge in [0.25, 0.3) is 5.91 Å². The Morgan fingerprint density at radius 1 is 1.13 bits per heavy atom. The fourth-order valence-electron chi connectivity index (χ4n) is 3.72. The van der Waals surface area contributed by atoms with E-state index in [9.17, 15) is 13.6 Å². The van der Waals surface area contributed by atoms with Crippen LogP contribution in [0.2, 0.25) is 5.02 Å². The van der Waals surface area contributed by atoms with E-state index in [1.807, 2.05) is 13.0 Å². The molecule has 0 spiro atoms. The molecule has 0 aliphatic heterocycles. The number of rotatable bonds is 11. The van der Waals surface area contributed by atoms with E-state index in [1.165, 1.54) is 12.1 Å². The number of nitrogens with zero attached hydrogens (tertiary/aromatic N) is 3. The third-order valence-electron chi connectivity index (χ3n) is 5.56. The minimum atomic E-state index is -1.11. The number of carbonyl (C=O) groups excluding carboxylic acids is 1. The van der Waals surface area contributed by atoms with Crippen LogP contribution >= 0.6 is 11.6 Å². The van der Waals surface area contributed by atoms with Crippen molar-refractivity contribution in [2.24, 2.45) is 5.73 Å². The van der Waals surface area contributed by atoms with E-state index < -0.39 is 19.8 Å². The fourth-order valence-corrected chi connectivity index (χ4v) is 3.92. The van der Waals surface area contributed by atoms with Gasteiger partial charge in [-0.3, -0.25) is 4.79 Å². The molecule has 2 aromatic carbocycles. The van der Waals surface area contributed by atoms with E-state index in [2.05, 4.69) is 20.6 Å². The first-order chi connectivity index (χ1) is 18.4. The number of aromatic nitrogens is 3.